The molecule has 0 aromatic heterocycles. The van der Waals surface area contributed by atoms with E-state index in [1.165, 1.54) is 0 Å². The molecule has 0 saturated heterocycles. The quantitative estimate of drug-likeness (QED) is 0.758. The van der Waals surface area contributed by atoms with Crippen molar-refractivity contribution in [3.63, 3.8) is 0 Å². The number of hydrogen-bond donors (Lipinski definition) is 1. The van der Waals surface area contributed by atoms with Crippen LogP contribution in [-0.4, -0.2) is 19.8 Å². The Morgan fingerprint density at radius 3 is 2.59 bits per heavy atom. The smallest absolute Gasteiger partial charge is 0.0488 e. The molecule has 17 heavy (non-hydrogen) atoms. The molecule has 0 aliphatic rings. The maximum atomic E-state index is 6.16. The van der Waals surface area contributed by atoms with Crippen molar-refractivity contribution in [1.82, 2.24) is 0 Å². The largest absolute Gasteiger partial charge is 0.381 e. The monoisotopic (exact) mass is 255 g/mol. The van der Waals surface area contributed by atoms with Crippen molar-refractivity contribution in [2.75, 3.05) is 19.8 Å². The van der Waals surface area contributed by atoms with Gasteiger partial charge < -0.3 is 10.5 Å². The van der Waals surface area contributed by atoms with E-state index in [0.29, 0.717) is 12.5 Å². The molecule has 0 radical (unpaired) electrons. The predicted molar refractivity (Wildman–Crippen MR) is 73.5 cm³/mol. The molecule has 1 aromatic rings. The van der Waals surface area contributed by atoms with Crippen molar-refractivity contribution in [1.29, 1.82) is 0 Å². The van der Waals surface area contributed by atoms with Crippen LogP contribution in [0.4, 0.5) is 0 Å². The molecule has 3 heteroatoms. The fraction of sp³-hybridized carbons (Fsp3) is 0.571. The van der Waals surface area contributed by atoms with Gasteiger partial charge in [-0.15, -0.1) is 0 Å². The summed E-state index contributed by atoms with van der Waals surface area (Å²) in [5.41, 5.74) is 6.93. The van der Waals surface area contributed by atoms with Gasteiger partial charge in [0.25, 0.3) is 0 Å². The number of hydrogen-bond acceptors (Lipinski definition) is 2. The summed E-state index contributed by atoms with van der Waals surface area (Å²) in [7, 11) is 0. The van der Waals surface area contributed by atoms with E-state index < -0.39 is 0 Å². The molecule has 0 aliphatic heterocycles. The molecule has 1 unspecified atom stereocenters. The van der Waals surface area contributed by atoms with Gasteiger partial charge in [0, 0.05) is 18.2 Å². The van der Waals surface area contributed by atoms with Crippen molar-refractivity contribution in [3.8, 4) is 0 Å². The first-order valence-corrected chi connectivity index (χ1v) is 6.55. The Bertz CT molecular complexity index is 328. The molecule has 0 amide bonds. The van der Waals surface area contributed by atoms with Crippen LogP contribution in [0.1, 0.15) is 31.7 Å². The number of nitrogens with two attached hydrogens (primary N) is 1. The van der Waals surface area contributed by atoms with Crippen LogP contribution in [0.15, 0.2) is 24.3 Å². The van der Waals surface area contributed by atoms with Crippen molar-refractivity contribution >= 4 is 11.6 Å². The second-order valence-electron chi connectivity index (χ2n) is 4.71. The lowest BCUT2D eigenvalue weighted by Gasteiger charge is -2.17. The summed E-state index contributed by atoms with van der Waals surface area (Å²) in [6, 6.07) is 7.89. The number of rotatable bonds is 7. The summed E-state index contributed by atoms with van der Waals surface area (Å²) < 4.78 is 5.59. The molecule has 0 fully saturated rings. The molecule has 0 heterocycles. The summed E-state index contributed by atoms with van der Waals surface area (Å²) in [5, 5.41) is 0.798. The zero-order chi connectivity index (χ0) is 12.7. The van der Waals surface area contributed by atoms with E-state index in [1.807, 2.05) is 24.3 Å². The molecule has 2 N–H and O–H groups in total. The molecule has 1 rings (SSSR count). The SMILES string of the molecule is CC(C)COCCC(CN)c1ccccc1Cl. The van der Waals surface area contributed by atoms with Crippen molar-refractivity contribution in [2.45, 2.75) is 26.2 Å². The third kappa shape index (κ3) is 5.07. The van der Waals surface area contributed by atoms with Crippen LogP contribution >= 0.6 is 11.6 Å². The zero-order valence-corrected chi connectivity index (χ0v) is 11.4. The molecular weight excluding hydrogens is 234 g/mol. The minimum atomic E-state index is 0.288. The Morgan fingerprint density at radius 1 is 1.29 bits per heavy atom. The lowest BCUT2D eigenvalue weighted by atomic mass is 9.96. The number of halogens is 1. The van der Waals surface area contributed by atoms with Crippen molar-refractivity contribution in [2.24, 2.45) is 11.7 Å². The Hall–Kier alpha value is -0.570. The minimum Gasteiger partial charge on any atom is -0.381 e. The van der Waals surface area contributed by atoms with Crippen molar-refractivity contribution < 1.29 is 4.74 Å². The highest BCUT2D eigenvalue weighted by molar-refractivity contribution is 6.31. The van der Waals surface area contributed by atoms with Gasteiger partial charge in [0.1, 0.15) is 0 Å². The van der Waals surface area contributed by atoms with Gasteiger partial charge in [0.2, 0.25) is 0 Å². The molecule has 0 spiro atoms. The average Bonchev–Trinajstić information content (AvgIpc) is 2.30. The molecule has 2 nitrogen and oxygen atoms in total. The van der Waals surface area contributed by atoms with Gasteiger partial charge in [0.15, 0.2) is 0 Å². The van der Waals surface area contributed by atoms with Gasteiger partial charge >= 0.3 is 0 Å². The van der Waals surface area contributed by atoms with Gasteiger partial charge in [-0.05, 0) is 36.4 Å². The maximum absolute atomic E-state index is 6.16. The Kier molecular flexibility index (Phi) is 6.56. The maximum Gasteiger partial charge on any atom is 0.0488 e. The van der Waals surface area contributed by atoms with Crippen LogP contribution in [0.2, 0.25) is 5.02 Å². The van der Waals surface area contributed by atoms with Crippen LogP contribution < -0.4 is 5.73 Å². The molecule has 1 atom stereocenters. The molecule has 96 valence electrons. The van der Waals surface area contributed by atoms with E-state index in [-0.39, 0.29) is 5.92 Å². The molecule has 0 bridgehead atoms. The summed E-state index contributed by atoms with van der Waals surface area (Å²) in [4.78, 5) is 0. The van der Waals surface area contributed by atoms with Crippen molar-refractivity contribution in [3.05, 3.63) is 34.9 Å². The Labute approximate surface area is 109 Å². The summed E-state index contributed by atoms with van der Waals surface area (Å²) in [6.07, 6.45) is 0.924. The highest BCUT2D eigenvalue weighted by Crippen LogP contribution is 2.26. The third-order valence-corrected chi connectivity index (χ3v) is 3.04. The van der Waals surface area contributed by atoms with Crippen LogP contribution in [0.5, 0.6) is 0 Å². The first-order valence-electron chi connectivity index (χ1n) is 6.17. The number of benzene rings is 1. The second-order valence-corrected chi connectivity index (χ2v) is 5.12. The first-order chi connectivity index (χ1) is 8.15. The Balaban J connectivity index is 2.46. The zero-order valence-electron chi connectivity index (χ0n) is 10.7. The van der Waals surface area contributed by atoms with E-state index in [0.717, 1.165) is 30.2 Å². The van der Waals surface area contributed by atoms with Gasteiger partial charge in [-0.2, -0.15) is 0 Å². The van der Waals surface area contributed by atoms with Gasteiger partial charge in [-0.1, -0.05) is 43.6 Å². The predicted octanol–water partition coefficient (Wildman–Crippen LogP) is 3.45. The first kappa shape index (κ1) is 14.5. The summed E-state index contributed by atoms with van der Waals surface area (Å²) >= 11 is 6.16. The summed E-state index contributed by atoms with van der Waals surface area (Å²) in [6.45, 7) is 6.45. The van der Waals surface area contributed by atoms with E-state index in [1.54, 1.807) is 0 Å². The third-order valence-electron chi connectivity index (χ3n) is 2.69. The lowest BCUT2D eigenvalue weighted by Crippen LogP contribution is -2.16. The average molecular weight is 256 g/mol. The van der Waals surface area contributed by atoms with Gasteiger partial charge in [-0.25, -0.2) is 0 Å². The van der Waals surface area contributed by atoms with Crippen LogP contribution in [0.25, 0.3) is 0 Å². The summed E-state index contributed by atoms with van der Waals surface area (Å²) in [5.74, 6) is 0.863. The molecule has 0 aliphatic carbocycles. The highest BCUT2D eigenvalue weighted by atomic mass is 35.5. The van der Waals surface area contributed by atoms with E-state index in [4.69, 9.17) is 22.1 Å². The fourth-order valence-electron chi connectivity index (χ4n) is 1.75. The van der Waals surface area contributed by atoms with Gasteiger partial charge in [-0.3, -0.25) is 0 Å². The van der Waals surface area contributed by atoms with Crippen LogP contribution in [0.3, 0.4) is 0 Å². The normalized spacial score (nSPS) is 13.0. The topological polar surface area (TPSA) is 35.2 Å². The van der Waals surface area contributed by atoms with E-state index in [2.05, 4.69) is 13.8 Å². The van der Waals surface area contributed by atoms with E-state index in [9.17, 15) is 0 Å². The van der Waals surface area contributed by atoms with Crippen LogP contribution in [-0.2, 0) is 4.74 Å². The fourth-order valence-corrected chi connectivity index (χ4v) is 2.04. The standard InChI is InChI=1S/C14H22ClNO/c1-11(2)10-17-8-7-12(9-16)13-5-3-4-6-14(13)15/h3-6,11-12H,7-10,16H2,1-2H3. The Morgan fingerprint density at radius 2 is 2.00 bits per heavy atom. The lowest BCUT2D eigenvalue weighted by molar-refractivity contribution is 0.104. The number of ether oxygens (including phenoxy) is 1. The molecule has 1 aromatic carbocycles. The molecule has 0 saturated carbocycles. The minimum absolute atomic E-state index is 0.288. The van der Waals surface area contributed by atoms with Gasteiger partial charge in [0.05, 0.1) is 0 Å². The molecular formula is C14H22ClNO. The highest BCUT2D eigenvalue weighted by Gasteiger charge is 2.12. The van der Waals surface area contributed by atoms with Crippen LogP contribution in [0, 0.1) is 5.92 Å². The van der Waals surface area contributed by atoms with E-state index >= 15 is 0 Å². The second kappa shape index (κ2) is 7.70.